The predicted molar refractivity (Wildman–Crippen MR) is 101 cm³/mol. The van der Waals surface area contributed by atoms with Gasteiger partial charge in [0.25, 0.3) is 0 Å². The number of hydrogen-bond donors (Lipinski definition) is 1. The molecule has 3 aromatic rings. The SMILES string of the molecule is COc1ccc(Cc2noc(C(N)c3ccc(C)cc3)n2)cc1OC.Cl. The first-order chi connectivity index (χ1) is 12.1. The number of nitrogens with zero attached hydrogens (tertiary/aromatic N) is 2. The van der Waals surface area contributed by atoms with Crippen molar-refractivity contribution in [3.05, 3.63) is 70.9 Å². The zero-order chi connectivity index (χ0) is 17.8. The monoisotopic (exact) mass is 375 g/mol. The van der Waals surface area contributed by atoms with E-state index in [1.807, 2.05) is 49.4 Å². The van der Waals surface area contributed by atoms with Gasteiger partial charge in [-0.25, -0.2) is 0 Å². The minimum absolute atomic E-state index is 0. The highest BCUT2D eigenvalue weighted by Gasteiger charge is 2.17. The Morgan fingerprint density at radius 2 is 1.73 bits per heavy atom. The summed E-state index contributed by atoms with van der Waals surface area (Å²) >= 11 is 0. The summed E-state index contributed by atoms with van der Waals surface area (Å²) in [6, 6.07) is 13.2. The van der Waals surface area contributed by atoms with E-state index in [-0.39, 0.29) is 12.4 Å². The molecule has 3 rings (SSSR count). The summed E-state index contributed by atoms with van der Waals surface area (Å²) in [4.78, 5) is 4.43. The van der Waals surface area contributed by atoms with Crippen LogP contribution in [-0.2, 0) is 6.42 Å². The number of rotatable bonds is 6. The summed E-state index contributed by atoms with van der Waals surface area (Å²) in [6.07, 6.45) is 0.518. The molecule has 0 fully saturated rings. The number of methoxy groups -OCH3 is 2. The molecule has 0 radical (unpaired) electrons. The van der Waals surface area contributed by atoms with Gasteiger partial charge in [-0.2, -0.15) is 4.98 Å². The number of hydrogen-bond acceptors (Lipinski definition) is 6. The standard InChI is InChI=1S/C19H21N3O3.ClH/c1-12-4-7-14(8-5-12)18(20)19-21-17(22-25-19)11-13-6-9-15(23-2)16(10-13)24-3;/h4-10,18H,11,20H2,1-3H3;1H. The molecule has 0 spiro atoms. The van der Waals surface area contributed by atoms with Crippen LogP contribution in [0.1, 0.15) is 34.4 Å². The van der Waals surface area contributed by atoms with Gasteiger partial charge < -0.3 is 19.7 Å². The largest absolute Gasteiger partial charge is 0.493 e. The van der Waals surface area contributed by atoms with E-state index >= 15 is 0 Å². The second kappa shape index (κ2) is 8.69. The van der Waals surface area contributed by atoms with Crippen LogP contribution in [0.25, 0.3) is 0 Å². The molecule has 6 nitrogen and oxygen atoms in total. The summed E-state index contributed by atoms with van der Waals surface area (Å²) in [5.41, 5.74) is 9.33. The number of aryl methyl sites for hydroxylation is 1. The van der Waals surface area contributed by atoms with E-state index in [2.05, 4.69) is 10.1 Å². The van der Waals surface area contributed by atoms with Crippen LogP contribution in [0.3, 0.4) is 0 Å². The van der Waals surface area contributed by atoms with Gasteiger partial charge in [0.2, 0.25) is 5.89 Å². The molecule has 0 amide bonds. The van der Waals surface area contributed by atoms with Gasteiger partial charge in [-0.05, 0) is 30.2 Å². The van der Waals surface area contributed by atoms with E-state index in [1.54, 1.807) is 14.2 Å². The van der Waals surface area contributed by atoms with Crippen LogP contribution >= 0.6 is 12.4 Å². The maximum Gasteiger partial charge on any atom is 0.248 e. The Morgan fingerprint density at radius 1 is 1.04 bits per heavy atom. The first kappa shape index (κ1) is 19.8. The maximum atomic E-state index is 6.22. The van der Waals surface area contributed by atoms with Crippen LogP contribution in [0.2, 0.25) is 0 Å². The van der Waals surface area contributed by atoms with E-state index in [9.17, 15) is 0 Å². The molecule has 1 heterocycles. The first-order valence-electron chi connectivity index (χ1n) is 7.96. The molecule has 0 saturated heterocycles. The molecule has 0 aliphatic heterocycles. The summed E-state index contributed by atoms with van der Waals surface area (Å²) in [6.45, 7) is 2.03. The Hall–Kier alpha value is -2.57. The van der Waals surface area contributed by atoms with Crippen molar-refractivity contribution in [3.8, 4) is 11.5 Å². The third kappa shape index (κ3) is 4.33. The van der Waals surface area contributed by atoms with E-state index in [1.165, 1.54) is 5.56 Å². The van der Waals surface area contributed by atoms with Gasteiger partial charge in [0, 0.05) is 6.42 Å². The van der Waals surface area contributed by atoms with E-state index in [0.717, 1.165) is 11.1 Å². The number of halogens is 1. The Kier molecular flexibility index (Phi) is 6.60. The Labute approximate surface area is 158 Å². The van der Waals surface area contributed by atoms with Crippen molar-refractivity contribution >= 4 is 12.4 Å². The second-order valence-electron chi connectivity index (χ2n) is 5.80. The minimum atomic E-state index is -0.438. The van der Waals surface area contributed by atoms with Crippen LogP contribution < -0.4 is 15.2 Å². The molecule has 1 atom stereocenters. The highest BCUT2D eigenvalue weighted by atomic mass is 35.5. The molecule has 26 heavy (non-hydrogen) atoms. The first-order valence-corrected chi connectivity index (χ1v) is 7.96. The van der Waals surface area contributed by atoms with Crippen molar-refractivity contribution in [2.75, 3.05) is 14.2 Å². The number of ether oxygens (including phenoxy) is 2. The smallest absolute Gasteiger partial charge is 0.248 e. The summed E-state index contributed by atoms with van der Waals surface area (Å²) in [7, 11) is 3.21. The zero-order valence-corrected chi connectivity index (χ0v) is 15.7. The van der Waals surface area contributed by atoms with Crippen LogP contribution in [0.15, 0.2) is 47.0 Å². The van der Waals surface area contributed by atoms with Crippen molar-refractivity contribution < 1.29 is 14.0 Å². The lowest BCUT2D eigenvalue weighted by molar-refractivity contribution is 0.354. The van der Waals surface area contributed by atoms with Crippen LogP contribution in [0, 0.1) is 6.92 Å². The number of benzene rings is 2. The predicted octanol–water partition coefficient (Wildman–Crippen LogP) is 3.46. The fraction of sp³-hybridized carbons (Fsp3) is 0.263. The molecule has 1 unspecified atom stereocenters. The Bertz CT molecular complexity index is 849. The van der Waals surface area contributed by atoms with Crippen molar-refractivity contribution in [1.82, 2.24) is 10.1 Å². The molecular formula is C19H22ClN3O3. The van der Waals surface area contributed by atoms with Crippen molar-refractivity contribution in [3.63, 3.8) is 0 Å². The maximum absolute atomic E-state index is 6.22. The van der Waals surface area contributed by atoms with E-state index in [4.69, 9.17) is 19.7 Å². The summed E-state index contributed by atoms with van der Waals surface area (Å²) < 4.78 is 15.9. The van der Waals surface area contributed by atoms with Gasteiger partial charge in [0.05, 0.1) is 14.2 Å². The van der Waals surface area contributed by atoms with Gasteiger partial charge in [0.1, 0.15) is 6.04 Å². The van der Waals surface area contributed by atoms with Crippen molar-refractivity contribution in [2.24, 2.45) is 5.73 Å². The van der Waals surface area contributed by atoms with Crippen molar-refractivity contribution in [2.45, 2.75) is 19.4 Å². The fourth-order valence-electron chi connectivity index (χ4n) is 2.56. The normalized spacial score (nSPS) is 11.5. The van der Waals surface area contributed by atoms with Crippen LogP contribution in [0.5, 0.6) is 11.5 Å². The highest BCUT2D eigenvalue weighted by Crippen LogP contribution is 2.28. The molecule has 2 N–H and O–H groups in total. The molecule has 0 aliphatic carbocycles. The van der Waals surface area contributed by atoms with Gasteiger partial charge in [-0.3, -0.25) is 0 Å². The van der Waals surface area contributed by atoms with Gasteiger partial charge >= 0.3 is 0 Å². The van der Waals surface area contributed by atoms with E-state index in [0.29, 0.717) is 29.6 Å². The lowest BCUT2D eigenvalue weighted by Gasteiger charge is -2.08. The number of nitrogens with two attached hydrogens (primary N) is 1. The van der Waals surface area contributed by atoms with Crippen LogP contribution in [-0.4, -0.2) is 24.4 Å². The molecule has 2 aromatic carbocycles. The highest BCUT2D eigenvalue weighted by molar-refractivity contribution is 5.85. The molecule has 7 heteroatoms. The molecule has 0 bridgehead atoms. The average molecular weight is 376 g/mol. The fourth-order valence-corrected chi connectivity index (χ4v) is 2.56. The summed E-state index contributed by atoms with van der Waals surface area (Å²) in [5.74, 6) is 2.32. The molecule has 138 valence electrons. The number of aromatic nitrogens is 2. The molecule has 0 aliphatic rings. The molecule has 1 aromatic heterocycles. The van der Waals surface area contributed by atoms with Crippen LogP contribution in [0.4, 0.5) is 0 Å². The quantitative estimate of drug-likeness (QED) is 0.710. The topological polar surface area (TPSA) is 83.4 Å². The lowest BCUT2D eigenvalue weighted by Crippen LogP contribution is -2.12. The Morgan fingerprint density at radius 3 is 2.38 bits per heavy atom. The third-order valence-corrected chi connectivity index (χ3v) is 4.00. The zero-order valence-electron chi connectivity index (χ0n) is 14.9. The average Bonchev–Trinajstić information content (AvgIpc) is 3.10. The molecule has 0 saturated carbocycles. The lowest BCUT2D eigenvalue weighted by atomic mass is 10.1. The van der Waals surface area contributed by atoms with Crippen molar-refractivity contribution in [1.29, 1.82) is 0 Å². The van der Waals surface area contributed by atoms with E-state index < -0.39 is 6.04 Å². The van der Waals surface area contributed by atoms with Gasteiger partial charge in [0.15, 0.2) is 17.3 Å². The summed E-state index contributed by atoms with van der Waals surface area (Å²) in [5, 5.41) is 4.04. The van der Waals surface area contributed by atoms with Gasteiger partial charge in [-0.1, -0.05) is 41.1 Å². The molecular weight excluding hydrogens is 354 g/mol. The van der Waals surface area contributed by atoms with Gasteiger partial charge in [-0.15, -0.1) is 12.4 Å². The third-order valence-electron chi connectivity index (χ3n) is 4.00. The second-order valence-corrected chi connectivity index (χ2v) is 5.80. The Balaban J connectivity index is 0.00000243. The minimum Gasteiger partial charge on any atom is -0.493 e.